The van der Waals surface area contributed by atoms with E-state index < -0.39 is 10.8 Å². The number of rotatable bonds is 7. The summed E-state index contributed by atoms with van der Waals surface area (Å²) in [4.78, 5) is 26.1. The highest BCUT2D eigenvalue weighted by molar-refractivity contribution is 6.10. The van der Waals surface area contributed by atoms with Gasteiger partial charge in [0.05, 0.1) is 4.92 Å². The number of anilines is 1. The van der Waals surface area contributed by atoms with Crippen molar-refractivity contribution in [3.8, 4) is 11.8 Å². The summed E-state index contributed by atoms with van der Waals surface area (Å²) in [6.07, 6.45) is 3.16. The zero-order valence-electron chi connectivity index (χ0n) is 17.3. The second-order valence-electron chi connectivity index (χ2n) is 7.16. The molecule has 0 saturated heterocycles. The molecule has 0 spiro atoms. The number of ether oxygens (including phenoxy) is 1. The standard InChI is InChI=1S/C25H18N4O4/c26-14-18(25(30)28-20-7-4-8-21(12-20)29(31)32)11-19-15-27-24-10-9-22(13-23(19)24)33-16-17-5-2-1-3-6-17/h1-13,15,27H,16H2,(H,28,30)/b18-11+. The molecule has 4 rings (SSSR count). The van der Waals surface area contributed by atoms with Gasteiger partial charge < -0.3 is 15.0 Å². The van der Waals surface area contributed by atoms with Crippen LogP contribution in [0.15, 0.2) is 84.6 Å². The van der Waals surface area contributed by atoms with Crippen LogP contribution in [0.25, 0.3) is 17.0 Å². The minimum atomic E-state index is -0.663. The number of nitro groups is 1. The summed E-state index contributed by atoms with van der Waals surface area (Å²) < 4.78 is 5.88. The molecule has 1 aromatic heterocycles. The molecule has 0 aliphatic heterocycles. The molecule has 33 heavy (non-hydrogen) atoms. The van der Waals surface area contributed by atoms with Gasteiger partial charge in [0.25, 0.3) is 11.6 Å². The second-order valence-corrected chi connectivity index (χ2v) is 7.16. The third-order valence-electron chi connectivity index (χ3n) is 4.91. The number of nitro benzene ring substituents is 1. The van der Waals surface area contributed by atoms with Gasteiger partial charge in [-0.05, 0) is 35.9 Å². The molecule has 0 saturated carbocycles. The van der Waals surface area contributed by atoms with E-state index in [0.717, 1.165) is 16.5 Å². The molecule has 0 aliphatic rings. The van der Waals surface area contributed by atoms with Crippen molar-refractivity contribution in [2.45, 2.75) is 6.61 Å². The molecule has 8 heteroatoms. The average Bonchev–Trinajstić information content (AvgIpc) is 3.23. The Balaban J connectivity index is 1.55. The summed E-state index contributed by atoms with van der Waals surface area (Å²) in [7, 11) is 0. The van der Waals surface area contributed by atoms with Gasteiger partial charge in [-0.25, -0.2) is 0 Å². The molecule has 1 amide bonds. The Morgan fingerprint density at radius 2 is 1.94 bits per heavy atom. The zero-order valence-corrected chi connectivity index (χ0v) is 17.3. The van der Waals surface area contributed by atoms with Crippen LogP contribution in [0.1, 0.15) is 11.1 Å². The number of non-ortho nitro benzene ring substituents is 1. The molecule has 8 nitrogen and oxygen atoms in total. The number of benzene rings is 3. The number of aromatic amines is 1. The molecule has 0 bridgehead atoms. The first kappa shape index (κ1) is 21.3. The van der Waals surface area contributed by atoms with Crippen LogP contribution >= 0.6 is 0 Å². The lowest BCUT2D eigenvalue weighted by molar-refractivity contribution is -0.384. The number of aromatic nitrogens is 1. The summed E-state index contributed by atoms with van der Waals surface area (Å²) >= 11 is 0. The maximum absolute atomic E-state index is 12.6. The maximum Gasteiger partial charge on any atom is 0.271 e. The van der Waals surface area contributed by atoms with Crippen molar-refractivity contribution in [3.63, 3.8) is 0 Å². The van der Waals surface area contributed by atoms with Gasteiger partial charge >= 0.3 is 0 Å². The van der Waals surface area contributed by atoms with Crippen LogP contribution in [0.5, 0.6) is 5.75 Å². The number of nitrogens with one attached hydrogen (secondary N) is 2. The highest BCUT2D eigenvalue weighted by Crippen LogP contribution is 2.26. The van der Waals surface area contributed by atoms with E-state index in [1.165, 1.54) is 30.3 Å². The third-order valence-corrected chi connectivity index (χ3v) is 4.91. The monoisotopic (exact) mass is 438 g/mol. The van der Waals surface area contributed by atoms with Crippen molar-refractivity contribution in [1.29, 1.82) is 5.26 Å². The molecule has 162 valence electrons. The minimum absolute atomic E-state index is 0.141. The summed E-state index contributed by atoms with van der Waals surface area (Å²) in [5, 5.41) is 23.8. The third kappa shape index (κ3) is 5.06. The molecular formula is C25H18N4O4. The van der Waals surface area contributed by atoms with Crippen molar-refractivity contribution in [3.05, 3.63) is 106 Å². The number of nitrogens with zero attached hydrogens (tertiary/aromatic N) is 2. The molecule has 1 heterocycles. The number of amides is 1. The lowest BCUT2D eigenvalue weighted by Gasteiger charge is -2.07. The van der Waals surface area contributed by atoms with Gasteiger partial charge in [-0.2, -0.15) is 5.26 Å². The molecule has 2 N–H and O–H groups in total. The van der Waals surface area contributed by atoms with Crippen LogP contribution in [0.2, 0.25) is 0 Å². The number of carbonyl (C=O) groups excluding carboxylic acids is 1. The molecule has 3 aromatic carbocycles. The summed E-state index contributed by atoms with van der Waals surface area (Å²) in [6.45, 7) is 0.414. The Labute approximate surface area is 188 Å². The van der Waals surface area contributed by atoms with Gasteiger partial charge in [-0.3, -0.25) is 14.9 Å². The second kappa shape index (κ2) is 9.49. The fourth-order valence-electron chi connectivity index (χ4n) is 3.27. The number of carbonyl (C=O) groups is 1. The van der Waals surface area contributed by atoms with E-state index in [1.54, 1.807) is 6.20 Å². The van der Waals surface area contributed by atoms with Crippen LogP contribution in [-0.2, 0) is 11.4 Å². The van der Waals surface area contributed by atoms with E-state index in [0.29, 0.717) is 17.9 Å². The average molecular weight is 438 g/mol. The SMILES string of the molecule is N#C/C(=C\c1c[nH]c2ccc(OCc3ccccc3)cc12)C(=O)Nc1cccc([N+](=O)[O-])c1. The molecular weight excluding hydrogens is 420 g/mol. The Hall–Kier alpha value is -4.90. The van der Waals surface area contributed by atoms with Crippen molar-refractivity contribution in [1.82, 2.24) is 4.98 Å². The van der Waals surface area contributed by atoms with Gasteiger partial charge in [0, 0.05) is 40.5 Å². The fourth-order valence-corrected chi connectivity index (χ4v) is 3.27. The van der Waals surface area contributed by atoms with Crippen LogP contribution in [0, 0.1) is 21.4 Å². The predicted octanol–water partition coefficient (Wildman–Crippen LogP) is 5.20. The zero-order chi connectivity index (χ0) is 23.2. The van der Waals surface area contributed by atoms with E-state index in [4.69, 9.17) is 4.74 Å². The predicted molar refractivity (Wildman–Crippen MR) is 124 cm³/mol. The maximum atomic E-state index is 12.6. The first-order chi connectivity index (χ1) is 16.0. The van der Waals surface area contributed by atoms with Crippen LogP contribution < -0.4 is 10.1 Å². The number of fused-ring (bicyclic) bond motifs is 1. The minimum Gasteiger partial charge on any atom is -0.489 e. The highest BCUT2D eigenvalue weighted by atomic mass is 16.6. The Kier molecular flexibility index (Phi) is 6.14. The Morgan fingerprint density at radius 1 is 1.12 bits per heavy atom. The van der Waals surface area contributed by atoms with Gasteiger partial charge in [0.15, 0.2) is 0 Å². The van der Waals surface area contributed by atoms with E-state index in [-0.39, 0.29) is 16.9 Å². The highest BCUT2D eigenvalue weighted by Gasteiger charge is 2.13. The van der Waals surface area contributed by atoms with E-state index >= 15 is 0 Å². The number of hydrogen-bond acceptors (Lipinski definition) is 5. The number of nitriles is 1. The first-order valence-corrected chi connectivity index (χ1v) is 9.99. The summed E-state index contributed by atoms with van der Waals surface area (Å²) in [5.74, 6) is -0.0102. The molecule has 0 atom stereocenters. The normalized spacial score (nSPS) is 11.1. The van der Waals surface area contributed by atoms with Crippen molar-refractivity contribution in [2.75, 3.05) is 5.32 Å². The van der Waals surface area contributed by atoms with Crippen LogP contribution in [0.4, 0.5) is 11.4 Å². The quantitative estimate of drug-likeness (QED) is 0.178. The van der Waals surface area contributed by atoms with Crippen molar-refractivity contribution < 1.29 is 14.5 Å². The smallest absolute Gasteiger partial charge is 0.271 e. The molecule has 0 fully saturated rings. The van der Waals surface area contributed by atoms with Gasteiger partial charge in [0.1, 0.15) is 24.0 Å². The molecule has 0 aliphatic carbocycles. The Bertz CT molecular complexity index is 1400. The Morgan fingerprint density at radius 3 is 2.70 bits per heavy atom. The van der Waals surface area contributed by atoms with Gasteiger partial charge in [0.2, 0.25) is 0 Å². The van der Waals surface area contributed by atoms with Crippen LogP contribution in [0.3, 0.4) is 0 Å². The number of hydrogen-bond donors (Lipinski definition) is 2. The van der Waals surface area contributed by atoms with Crippen molar-refractivity contribution in [2.24, 2.45) is 0 Å². The lowest BCUT2D eigenvalue weighted by atomic mass is 10.1. The fraction of sp³-hybridized carbons (Fsp3) is 0.0400. The van der Waals surface area contributed by atoms with Crippen LogP contribution in [-0.4, -0.2) is 15.8 Å². The topological polar surface area (TPSA) is 121 Å². The molecule has 0 unspecified atom stereocenters. The first-order valence-electron chi connectivity index (χ1n) is 9.99. The lowest BCUT2D eigenvalue weighted by Crippen LogP contribution is -2.13. The van der Waals surface area contributed by atoms with E-state index in [1.807, 2.05) is 54.6 Å². The molecule has 0 radical (unpaired) electrons. The summed E-state index contributed by atoms with van der Waals surface area (Å²) in [5.41, 5.74) is 2.43. The largest absolute Gasteiger partial charge is 0.489 e. The molecule has 4 aromatic rings. The summed E-state index contributed by atoms with van der Waals surface area (Å²) in [6, 6.07) is 22.7. The van der Waals surface area contributed by atoms with E-state index in [9.17, 15) is 20.2 Å². The van der Waals surface area contributed by atoms with Crippen molar-refractivity contribution >= 4 is 34.3 Å². The van der Waals surface area contributed by atoms with E-state index in [2.05, 4.69) is 10.3 Å². The van der Waals surface area contributed by atoms with Gasteiger partial charge in [-0.15, -0.1) is 0 Å². The number of H-pyrrole nitrogens is 1. The van der Waals surface area contributed by atoms with Gasteiger partial charge in [-0.1, -0.05) is 36.4 Å².